The Hall–Kier alpha value is -3.22. The molecule has 1 aliphatic heterocycles. The number of hydrogen-bond donors (Lipinski definition) is 1. The first kappa shape index (κ1) is 22.6. The van der Waals surface area contributed by atoms with Gasteiger partial charge in [0.1, 0.15) is 0 Å². The normalized spacial score (nSPS) is 23.9. The highest BCUT2D eigenvalue weighted by Gasteiger charge is 2.42. The van der Waals surface area contributed by atoms with Crippen molar-refractivity contribution in [3.8, 4) is 0 Å². The van der Waals surface area contributed by atoms with Gasteiger partial charge in [-0.3, -0.25) is 24.1 Å². The van der Waals surface area contributed by atoms with Crippen LogP contribution in [0.25, 0.3) is 10.8 Å². The molecular weight excluding hydrogens is 432 g/mol. The number of fused-ring (bicyclic) bond motifs is 2. The van der Waals surface area contributed by atoms with E-state index in [0.29, 0.717) is 28.3 Å². The van der Waals surface area contributed by atoms with E-state index in [9.17, 15) is 19.2 Å². The van der Waals surface area contributed by atoms with Crippen LogP contribution in [0.3, 0.4) is 0 Å². The Morgan fingerprint density at radius 1 is 1.06 bits per heavy atom. The molecule has 0 aromatic heterocycles. The Bertz CT molecular complexity index is 1110. The van der Waals surface area contributed by atoms with Crippen molar-refractivity contribution in [1.29, 1.82) is 0 Å². The van der Waals surface area contributed by atoms with Gasteiger partial charge in [0.15, 0.2) is 6.61 Å². The highest BCUT2D eigenvalue weighted by atomic mass is 16.5. The molecule has 0 radical (unpaired) electrons. The summed E-state index contributed by atoms with van der Waals surface area (Å²) < 4.78 is 5.14. The number of rotatable bonds is 8. The number of esters is 1. The Morgan fingerprint density at radius 3 is 2.38 bits per heavy atom. The number of nitrogens with zero attached hydrogens (tertiary/aromatic N) is 1. The van der Waals surface area contributed by atoms with Gasteiger partial charge in [-0.1, -0.05) is 30.7 Å². The number of hydrogen-bond acceptors (Lipinski definition) is 5. The van der Waals surface area contributed by atoms with Crippen LogP contribution in [-0.2, 0) is 14.3 Å². The number of carbonyl (C=O) groups is 4. The lowest BCUT2D eigenvalue weighted by atomic mass is 9.84. The van der Waals surface area contributed by atoms with Gasteiger partial charge in [0, 0.05) is 35.5 Å². The lowest BCUT2D eigenvalue weighted by molar-refractivity contribution is -0.149. The Balaban J connectivity index is 1.08. The molecule has 178 valence electrons. The largest absolute Gasteiger partial charge is 0.456 e. The van der Waals surface area contributed by atoms with Gasteiger partial charge in [0.2, 0.25) is 0 Å². The number of benzene rings is 2. The maximum atomic E-state index is 12.9. The van der Waals surface area contributed by atoms with E-state index in [-0.39, 0.29) is 49.8 Å². The quantitative estimate of drug-likeness (QED) is 0.477. The van der Waals surface area contributed by atoms with Crippen LogP contribution in [0.2, 0.25) is 0 Å². The van der Waals surface area contributed by atoms with Crippen LogP contribution in [0, 0.1) is 17.8 Å². The van der Waals surface area contributed by atoms with Crippen molar-refractivity contribution in [2.24, 2.45) is 17.8 Å². The minimum Gasteiger partial charge on any atom is -0.456 e. The number of amides is 3. The Kier molecular flexibility index (Phi) is 6.11. The van der Waals surface area contributed by atoms with Crippen LogP contribution >= 0.6 is 0 Å². The molecule has 1 N–H and O–H groups in total. The molecule has 7 nitrogen and oxygen atoms in total. The van der Waals surface area contributed by atoms with Crippen LogP contribution < -0.4 is 5.32 Å². The van der Waals surface area contributed by atoms with E-state index in [4.69, 9.17) is 4.74 Å². The van der Waals surface area contributed by atoms with Crippen molar-refractivity contribution in [3.05, 3.63) is 47.5 Å². The summed E-state index contributed by atoms with van der Waals surface area (Å²) in [5.41, 5.74) is 0.994. The predicted octanol–water partition coefficient (Wildman–Crippen LogP) is 3.70. The van der Waals surface area contributed by atoms with E-state index in [1.807, 2.05) is 19.1 Å². The first-order valence-electron chi connectivity index (χ1n) is 12.3. The molecule has 7 heteroatoms. The molecular formula is C27H30N2O5. The van der Waals surface area contributed by atoms with Gasteiger partial charge in [-0.2, -0.15) is 0 Å². The second-order valence-electron chi connectivity index (χ2n) is 9.93. The molecule has 2 saturated carbocycles. The van der Waals surface area contributed by atoms with Crippen LogP contribution in [0.5, 0.6) is 0 Å². The van der Waals surface area contributed by atoms with Gasteiger partial charge in [-0.05, 0) is 67.9 Å². The zero-order chi connectivity index (χ0) is 23.8. The van der Waals surface area contributed by atoms with Crippen LogP contribution in [0.4, 0.5) is 0 Å². The minimum atomic E-state index is -0.512. The first-order chi connectivity index (χ1) is 16.4. The van der Waals surface area contributed by atoms with Crippen molar-refractivity contribution in [1.82, 2.24) is 10.2 Å². The molecule has 2 aliphatic carbocycles. The summed E-state index contributed by atoms with van der Waals surface area (Å²) in [6.07, 6.45) is 5.33. The highest BCUT2D eigenvalue weighted by molar-refractivity contribution is 6.25. The lowest BCUT2D eigenvalue weighted by Crippen LogP contribution is -2.42. The third-order valence-corrected chi connectivity index (χ3v) is 7.81. The van der Waals surface area contributed by atoms with Crippen molar-refractivity contribution in [3.63, 3.8) is 0 Å². The van der Waals surface area contributed by atoms with Gasteiger partial charge < -0.3 is 10.1 Å². The summed E-state index contributed by atoms with van der Waals surface area (Å²) in [5.74, 6) is 0.549. The monoisotopic (exact) mass is 462 g/mol. The molecule has 3 aliphatic rings. The van der Waals surface area contributed by atoms with Crippen molar-refractivity contribution >= 4 is 34.5 Å². The Morgan fingerprint density at radius 2 is 1.76 bits per heavy atom. The van der Waals surface area contributed by atoms with Crippen molar-refractivity contribution in [2.45, 2.75) is 51.5 Å². The molecule has 0 spiro atoms. The third kappa shape index (κ3) is 4.19. The molecule has 4 unspecified atom stereocenters. The molecule has 5 rings (SSSR count). The number of ether oxygens (including phenoxy) is 1. The highest BCUT2D eigenvalue weighted by Crippen LogP contribution is 2.49. The summed E-state index contributed by atoms with van der Waals surface area (Å²) >= 11 is 0. The zero-order valence-electron chi connectivity index (χ0n) is 19.4. The average molecular weight is 463 g/mol. The summed E-state index contributed by atoms with van der Waals surface area (Å²) in [6, 6.07) is 10.9. The SMILES string of the molecule is CC(NC(=O)COC(=O)CCCN1C(=O)c2cccc3cccc(c23)C1=O)C1CC2CCC1C2. The summed E-state index contributed by atoms with van der Waals surface area (Å²) in [5, 5.41) is 4.52. The second kappa shape index (κ2) is 9.20. The second-order valence-corrected chi connectivity index (χ2v) is 9.93. The summed E-state index contributed by atoms with van der Waals surface area (Å²) in [7, 11) is 0. The van der Waals surface area contributed by atoms with Gasteiger partial charge in [-0.15, -0.1) is 0 Å². The molecule has 0 saturated heterocycles. The van der Waals surface area contributed by atoms with Gasteiger partial charge >= 0.3 is 5.97 Å². The summed E-state index contributed by atoms with van der Waals surface area (Å²) in [4.78, 5) is 51.4. The van der Waals surface area contributed by atoms with Crippen LogP contribution in [0.15, 0.2) is 36.4 Å². The standard InChI is InChI=1S/C27H30N2O5/c1-16(22-14-17-10-11-19(22)13-17)28-23(30)15-34-24(31)9-4-12-29-26(32)20-7-2-5-18-6-3-8-21(25(18)20)27(29)33/h2-3,5-8,16-17,19,22H,4,9-15H2,1H3,(H,28,30). The molecule has 2 bridgehead atoms. The molecule has 3 amide bonds. The van der Waals surface area contributed by atoms with E-state index < -0.39 is 5.97 Å². The topological polar surface area (TPSA) is 92.8 Å². The van der Waals surface area contributed by atoms with E-state index in [0.717, 1.165) is 11.3 Å². The van der Waals surface area contributed by atoms with E-state index in [1.54, 1.807) is 24.3 Å². The van der Waals surface area contributed by atoms with Gasteiger partial charge in [-0.25, -0.2) is 0 Å². The number of carbonyl (C=O) groups excluding carboxylic acids is 4. The lowest BCUT2D eigenvalue weighted by Gasteiger charge is -2.28. The van der Waals surface area contributed by atoms with E-state index >= 15 is 0 Å². The molecule has 4 atom stereocenters. The first-order valence-corrected chi connectivity index (χ1v) is 12.3. The number of nitrogens with one attached hydrogen (secondary N) is 1. The van der Waals surface area contributed by atoms with Crippen molar-refractivity contribution in [2.75, 3.05) is 13.2 Å². The van der Waals surface area contributed by atoms with Crippen LogP contribution in [-0.4, -0.2) is 47.8 Å². The predicted molar refractivity (Wildman–Crippen MR) is 126 cm³/mol. The maximum Gasteiger partial charge on any atom is 0.306 e. The Labute approximate surface area is 198 Å². The third-order valence-electron chi connectivity index (χ3n) is 7.81. The zero-order valence-corrected chi connectivity index (χ0v) is 19.4. The smallest absolute Gasteiger partial charge is 0.306 e. The fourth-order valence-corrected chi connectivity index (χ4v) is 6.19. The van der Waals surface area contributed by atoms with E-state index in [1.165, 1.54) is 30.6 Å². The molecule has 2 aromatic carbocycles. The summed E-state index contributed by atoms with van der Waals surface area (Å²) in [6.45, 7) is 1.85. The fraction of sp³-hybridized carbons (Fsp3) is 0.481. The maximum absolute atomic E-state index is 12.9. The average Bonchev–Trinajstić information content (AvgIpc) is 3.47. The molecule has 34 heavy (non-hydrogen) atoms. The number of imide groups is 1. The molecule has 2 aromatic rings. The van der Waals surface area contributed by atoms with Crippen LogP contribution in [0.1, 0.15) is 66.2 Å². The molecule has 1 heterocycles. The van der Waals surface area contributed by atoms with Gasteiger partial charge in [0.25, 0.3) is 17.7 Å². The van der Waals surface area contributed by atoms with Gasteiger partial charge in [0.05, 0.1) is 0 Å². The van der Waals surface area contributed by atoms with E-state index in [2.05, 4.69) is 5.32 Å². The van der Waals surface area contributed by atoms with Crippen molar-refractivity contribution < 1.29 is 23.9 Å². The fourth-order valence-electron chi connectivity index (χ4n) is 6.19. The molecule has 2 fully saturated rings. The minimum absolute atomic E-state index is 0.0259.